The molecule has 1 heterocycles. The fourth-order valence-corrected chi connectivity index (χ4v) is 3.56. The molecule has 1 saturated heterocycles. The number of nitrogens with one attached hydrogen (secondary N) is 1. The zero-order valence-corrected chi connectivity index (χ0v) is 15.1. The summed E-state index contributed by atoms with van der Waals surface area (Å²) >= 11 is 6.41. The van der Waals surface area contributed by atoms with Gasteiger partial charge < -0.3 is 15.0 Å². The van der Waals surface area contributed by atoms with Gasteiger partial charge in [0, 0.05) is 31.3 Å². The smallest absolute Gasteiger partial charge is 0.227 e. The summed E-state index contributed by atoms with van der Waals surface area (Å²) < 4.78 is 5.16. The van der Waals surface area contributed by atoms with Crippen molar-refractivity contribution in [2.45, 2.75) is 44.7 Å². The molecule has 24 heavy (non-hydrogen) atoms. The van der Waals surface area contributed by atoms with Crippen LogP contribution in [-0.4, -0.2) is 43.7 Å². The molecule has 2 fully saturated rings. The molecule has 1 amide bonds. The minimum Gasteiger partial charge on any atom is -0.384 e. The fourth-order valence-electron chi connectivity index (χ4n) is 3.38. The van der Waals surface area contributed by atoms with E-state index in [0.717, 1.165) is 55.8 Å². The molecule has 132 valence electrons. The second-order valence-corrected chi connectivity index (χ2v) is 7.32. The number of carbonyl (C=O) groups excluding carboxylic acids is 1. The van der Waals surface area contributed by atoms with E-state index in [9.17, 15) is 4.79 Å². The Hall–Kier alpha value is -1.10. The molecule has 0 aromatic heterocycles. The van der Waals surface area contributed by atoms with Crippen LogP contribution in [0.2, 0.25) is 5.02 Å². The van der Waals surface area contributed by atoms with E-state index in [1.54, 1.807) is 7.11 Å². The summed E-state index contributed by atoms with van der Waals surface area (Å²) in [5.41, 5.74) is 2.26. The summed E-state index contributed by atoms with van der Waals surface area (Å²) in [6, 6.07) is 6.51. The standard InChI is InChI=1S/C19H27ClN2O2/c1-24-10-8-14-4-7-18(20)16(11-14)13-22(17-5-6-17)19(23)15-3-2-9-21-12-15/h4,7,11,15,17,21H,2-3,5-6,8-10,12-13H2,1H3. The molecule has 1 N–H and O–H groups in total. The Morgan fingerprint density at radius 1 is 1.38 bits per heavy atom. The summed E-state index contributed by atoms with van der Waals surface area (Å²) in [4.78, 5) is 15.0. The molecule has 1 aliphatic carbocycles. The Bertz CT molecular complexity index is 568. The van der Waals surface area contributed by atoms with Crippen molar-refractivity contribution < 1.29 is 9.53 Å². The lowest BCUT2D eigenvalue weighted by atomic mass is 9.97. The first kappa shape index (κ1) is 17.7. The SMILES string of the molecule is COCCc1ccc(Cl)c(CN(C(=O)C2CCCNC2)C2CC2)c1. The zero-order chi connectivity index (χ0) is 16.9. The van der Waals surface area contributed by atoms with Crippen LogP contribution >= 0.6 is 11.6 Å². The number of piperidine rings is 1. The number of hydrogen-bond donors (Lipinski definition) is 1. The molecule has 3 rings (SSSR count). The Labute approximate surface area is 149 Å². The van der Waals surface area contributed by atoms with E-state index in [1.165, 1.54) is 5.56 Å². The summed E-state index contributed by atoms with van der Waals surface area (Å²) in [6.45, 7) is 3.16. The summed E-state index contributed by atoms with van der Waals surface area (Å²) in [5, 5.41) is 4.10. The molecule has 1 unspecified atom stereocenters. The largest absolute Gasteiger partial charge is 0.384 e. The minimum atomic E-state index is 0.120. The molecule has 1 saturated carbocycles. The number of ether oxygens (including phenoxy) is 1. The predicted molar refractivity (Wildman–Crippen MR) is 96.2 cm³/mol. The normalized spacial score (nSPS) is 20.8. The van der Waals surface area contributed by atoms with Gasteiger partial charge in [-0.25, -0.2) is 0 Å². The number of nitrogens with zero attached hydrogens (tertiary/aromatic N) is 1. The van der Waals surface area contributed by atoms with Crippen molar-refractivity contribution in [3.63, 3.8) is 0 Å². The number of methoxy groups -OCH3 is 1. The van der Waals surface area contributed by atoms with E-state index in [4.69, 9.17) is 16.3 Å². The van der Waals surface area contributed by atoms with Crippen molar-refractivity contribution in [2.24, 2.45) is 5.92 Å². The molecule has 2 aliphatic rings. The highest BCUT2D eigenvalue weighted by Gasteiger charge is 2.36. The van der Waals surface area contributed by atoms with Gasteiger partial charge in [-0.2, -0.15) is 0 Å². The highest BCUT2D eigenvalue weighted by atomic mass is 35.5. The quantitative estimate of drug-likeness (QED) is 0.821. The van der Waals surface area contributed by atoms with Crippen molar-refractivity contribution in [3.05, 3.63) is 34.3 Å². The van der Waals surface area contributed by atoms with E-state index in [-0.39, 0.29) is 5.92 Å². The van der Waals surface area contributed by atoms with E-state index in [2.05, 4.69) is 16.3 Å². The van der Waals surface area contributed by atoms with Crippen molar-refractivity contribution in [3.8, 4) is 0 Å². The highest BCUT2D eigenvalue weighted by molar-refractivity contribution is 6.31. The van der Waals surface area contributed by atoms with Gasteiger partial charge in [-0.15, -0.1) is 0 Å². The van der Waals surface area contributed by atoms with Gasteiger partial charge in [-0.3, -0.25) is 4.79 Å². The molecule has 0 bridgehead atoms. The number of halogens is 1. The Balaban J connectivity index is 1.72. The Morgan fingerprint density at radius 3 is 2.88 bits per heavy atom. The maximum absolute atomic E-state index is 13.0. The lowest BCUT2D eigenvalue weighted by Gasteiger charge is -2.30. The van der Waals surface area contributed by atoms with Gasteiger partial charge in [-0.05, 0) is 55.8 Å². The first-order valence-corrected chi connectivity index (χ1v) is 9.34. The lowest BCUT2D eigenvalue weighted by Crippen LogP contribution is -2.43. The summed E-state index contributed by atoms with van der Waals surface area (Å²) in [6.07, 6.45) is 5.18. The predicted octanol–water partition coefficient (Wildman–Crippen LogP) is 3.02. The van der Waals surface area contributed by atoms with Crippen LogP contribution in [0.15, 0.2) is 18.2 Å². The van der Waals surface area contributed by atoms with Crippen molar-refractivity contribution >= 4 is 17.5 Å². The van der Waals surface area contributed by atoms with Crippen LogP contribution in [0.4, 0.5) is 0 Å². The van der Waals surface area contributed by atoms with Crippen LogP contribution in [0.5, 0.6) is 0 Å². The van der Waals surface area contributed by atoms with E-state index >= 15 is 0 Å². The average molecular weight is 351 g/mol. The fraction of sp³-hybridized carbons (Fsp3) is 0.632. The van der Waals surface area contributed by atoms with Gasteiger partial charge in [0.1, 0.15) is 0 Å². The van der Waals surface area contributed by atoms with Gasteiger partial charge >= 0.3 is 0 Å². The van der Waals surface area contributed by atoms with E-state index in [0.29, 0.717) is 25.1 Å². The van der Waals surface area contributed by atoms with Gasteiger partial charge in [0.25, 0.3) is 0 Å². The molecule has 0 radical (unpaired) electrons. The van der Waals surface area contributed by atoms with Crippen molar-refractivity contribution in [2.75, 3.05) is 26.8 Å². The number of carbonyl (C=O) groups is 1. The number of rotatable bonds is 7. The summed E-state index contributed by atoms with van der Waals surface area (Å²) in [7, 11) is 1.71. The van der Waals surface area contributed by atoms with Crippen molar-refractivity contribution in [1.29, 1.82) is 0 Å². The highest BCUT2D eigenvalue weighted by Crippen LogP contribution is 2.32. The Kier molecular flexibility index (Phi) is 6.14. The number of hydrogen-bond acceptors (Lipinski definition) is 3. The molecule has 1 aromatic carbocycles. The first-order chi connectivity index (χ1) is 11.7. The second-order valence-electron chi connectivity index (χ2n) is 6.91. The number of benzene rings is 1. The third kappa shape index (κ3) is 4.50. The molecule has 1 aliphatic heterocycles. The van der Waals surface area contributed by atoms with Crippen LogP contribution in [-0.2, 0) is 22.5 Å². The molecule has 5 heteroatoms. The van der Waals surface area contributed by atoms with Gasteiger partial charge in [-0.1, -0.05) is 23.7 Å². The van der Waals surface area contributed by atoms with Crippen molar-refractivity contribution in [1.82, 2.24) is 10.2 Å². The Morgan fingerprint density at radius 2 is 2.21 bits per heavy atom. The van der Waals surface area contributed by atoms with Crippen LogP contribution < -0.4 is 5.32 Å². The van der Waals surface area contributed by atoms with Gasteiger partial charge in [0.2, 0.25) is 5.91 Å². The van der Waals surface area contributed by atoms with Gasteiger partial charge in [0.15, 0.2) is 0 Å². The molecular formula is C19H27ClN2O2. The zero-order valence-electron chi connectivity index (χ0n) is 14.4. The summed E-state index contributed by atoms with van der Waals surface area (Å²) in [5.74, 6) is 0.415. The van der Waals surface area contributed by atoms with E-state index < -0.39 is 0 Å². The third-order valence-corrected chi connectivity index (χ3v) is 5.33. The maximum atomic E-state index is 13.0. The van der Waals surface area contributed by atoms with Crippen LogP contribution in [0, 0.1) is 5.92 Å². The van der Waals surface area contributed by atoms with Crippen LogP contribution in [0.25, 0.3) is 0 Å². The van der Waals surface area contributed by atoms with Crippen LogP contribution in [0.3, 0.4) is 0 Å². The van der Waals surface area contributed by atoms with Crippen LogP contribution in [0.1, 0.15) is 36.8 Å². The molecule has 4 nitrogen and oxygen atoms in total. The topological polar surface area (TPSA) is 41.6 Å². The molecule has 1 atom stereocenters. The molecule has 0 spiro atoms. The lowest BCUT2D eigenvalue weighted by molar-refractivity contribution is -0.137. The monoisotopic (exact) mass is 350 g/mol. The first-order valence-electron chi connectivity index (χ1n) is 8.96. The maximum Gasteiger partial charge on any atom is 0.227 e. The molecule has 1 aromatic rings. The number of amides is 1. The average Bonchev–Trinajstić information content (AvgIpc) is 3.45. The molecular weight excluding hydrogens is 324 g/mol. The van der Waals surface area contributed by atoms with E-state index in [1.807, 2.05) is 12.1 Å². The third-order valence-electron chi connectivity index (χ3n) is 4.96. The van der Waals surface area contributed by atoms with Gasteiger partial charge in [0.05, 0.1) is 12.5 Å². The second kappa shape index (κ2) is 8.32. The minimum absolute atomic E-state index is 0.120.